The first-order valence-electron chi connectivity index (χ1n) is 2.11. The topological polar surface area (TPSA) is 40.5 Å². The molecule has 2 aliphatic rings. The smallest absolute Gasteiger partial charge is 0.0992 e. The molecule has 0 heterocycles. The lowest BCUT2D eigenvalue weighted by Crippen LogP contribution is -1.85. The van der Waals surface area contributed by atoms with Gasteiger partial charge < -0.3 is 10.2 Å². The van der Waals surface area contributed by atoms with Crippen molar-refractivity contribution in [1.82, 2.24) is 0 Å². The van der Waals surface area contributed by atoms with Crippen molar-refractivity contribution in [3.05, 3.63) is 0 Å². The van der Waals surface area contributed by atoms with E-state index in [1.165, 1.54) is 0 Å². The fourth-order valence-corrected chi connectivity index (χ4v) is 0.827. The minimum atomic E-state index is -0.590. The highest BCUT2D eigenvalue weighted by Crippen LogP contribution is 2.70. The van der Waals surface area contributed by atoms with Crippen molar-refractivity contribution < 1.29 is 10.2 Å². The number of hydrogen-bond donors (Lipinski definition) is 2. The van der Waals surface area contributed by atoms with E-state index in [1.807, 2.05) is 0 Å². The van der Waals surface area contributed by atoms with Crippen molar-refractivity contribution in [3.8, 4) is 0 Å². The summed E-state index contributed by atoms with van der Waals surface area (Å²) in [7, 11) is 0. The Morgan fingerprint density at radius 2 is 1.17 bits per heavy atom. The molecule has 2 aliphatic carbocycles. The molecule has 0 radical (unpaired) electrons. The van der Waals surface area contributed by atoms with Gasteiger partial charge >= 0.3 is 0 Å². The predicted molar refractivity (Wildman–Crippen MR) is 19.1 cm³/mol. The summed E-state index contributed by atoms with van der Waals surface area (Å²) in [6.07, 6.45) is 1.25. The van der Waals surface area contributed by atoms with Gasteiger partial charge in [-0.05, 0) is 0 Å². The average Bonchev–Trinajstić information content (AvgIpc) is 1.78. The molecule has 0 aromatic carbocycles. The Hall–Kier alpha value is -0.0800. The van der Waals surface area contributed by atoms with Crippen LogP contribution in [0.15, 0.2) is 0 Å². The molecule has 0 amide bonds. The summed E-state index contributed by atoms with van der Waals surface area (Å²) >= 11 is 0. The standard InChI is InChI=1S/C4H6O2/c5-3-1-4(3,6)2-3/h5-6H,1-2H2. The Balaban J connectivity index is 2.34. The lowest BCUT2D eigenvalue weighted by molar-refractivity contribution is 0.180. The Kier molecular flexibility index (Phi) is 0.195. The van der Waals surface area contributed by atoms with Crippen LogP contribution in [0.25, 0.3) is 0 Å². The van der Waals surface area contributed by atoms with Gasteiger partial charge in [-0.3, -0.25) is 0 Å². The molecular formula is C4H6O2. The third-order valence-electron chi connectivity index (χ3n) is 1.79. The van der Waals surface area contributed by atoms with Crippen LogP contribution in [0.2, 0.25) is 0 Å². The zero-order valence-electron chi connectivity index (χ0n) is 3.31. The van der Waals surface area contributed by atoms with Gasteiger partial charge in [0.1, 0.15) is 0 Å². The Morgan fingerprint density at radius 1 is 1.00 bits per heavy atom. The van der Waals surface area contributed by atoms with Gasteiger partial charge in [0.25, 0.3) is 0 Å². The van der Waals surface area contributed by atoms with Gasteiger partial charge in [0.05, 0.1) is 11.2 Å². The van der Waals surface area contributed by atoms with Crippen LogP contribution in [0.4, 0.5) is 0 Å². The summed E-state index contributed by atoms with van der Waals surface area (Å²) in [6, 6.07) is 0. The average molecular weight is 86.1 g/mol. The summed E-state index contributed by atoms with van der Waals surface area (Å²) in [4.78, 5) is 0. The van der Waals surface area contributed by atoms with E-state index < -0.39 is 11.2 Å². The van der Waals surface area contributed by atoms with Crippen molar-refractivity contribution in [1.29, 1.82) is 0 Å². The molecule has 0 aromatic heterocycles. The van der Waals surface area contributed by atoms with Gasteiger partial charge in [-0.15, -0.1) is 0 Å². The van der Waals surface area contributed by atoms with Gasteiger partial charge in [-0.25, -0.2) is 0 Å². The summed E-state index contributed by atoms with van der Waals surface area (Å²) in [5, 5.41) is 17.4. The van der Waals surface area contributed by atoms with Crippen LogP contribution in [0.3, 0.4) is 0 Å². The third-order valence-corrected chi connectivity index (χ3v) is 1.79. The van der Waals surface area contributed by atoms with E-state index in [9.17, 15) is 0 Å². The molecule has 2 rings (SSSR count). The normalized spacial score (nSPS) is 73.0. The van der Waals surface area contributed by atoms with Gasteiger partial charge in [-0.1, -0.05) is 0 Å². The van der Waals surface area contributed by atoms with Crippen LogP contribution in [-0.2, 0) is 0 Å². The third kappa shape index (κ3) is 0.117. The maximum Gasteiger partial charge on any atom is 0.0992 e. The predicted octanol–water partition coefficient (Wildman–Crippen LogP) is -0.744. The van der Waals surface area contributed by atoms with E-state index in [4.69, 9.17) is 10.2 Å². The zero-order chi connectivity index (χ0) is 4.41. The first-order valence-corrected chi connectivity index (χ1v) is 2.11. The fourth-order valence-electron chi connectivity index (χ4n) is 0.827. The molecule has 0 saturated heterocycles. The van der Waals surface area contributed by atoms with Crippen molar-refractivity contribution in [2.24, 2.45) is 0 Å². The van der Waals surface area contributed by atoms with E-state index in [0.717, 1.165) is 0 Å². The van der Waals surface area contributed by atoms with E-state index in [0.29, 0.717) is 12.8 Å². The maximum absolute atomic E-state index is 8.72. The summed E-state index contributed by atoms with van der Waals surface area (Å²) in [5.74, 6) is 0. The second kappa shape index (κ2) is 0.390. The highest BCUT2D eigenvalue weighted by molar-refractivity contribution is 5.36. The SMILES string of the molecule is OC12CC1(O)C2. The molecule has 0 bridgehead atoms. The van der Waals surface area contributed by atoms with Crippen LogP contribution in [0, 0.1) is 0 Å². The molecule has 34 valence electrons. The summed E-state index contributed by atoms with van der Waals surface area (Å²) in [5.41, 5.74) is -1.18. The molecule has 0 aromatic rings. The summed E-state index contributed by atoms with van der Waals surface area (Å²) < 4.78 is 0. The number of rotatable bonds is 0. The molecular weight excluding hydrogens is 80.0 g/mol. The molecule has 2 heteroatoms. The lowest BCUT2D eigenvalue weighted by Gasteiger charge is -1.81. The van der Waals surface area contributed by atoms with Crippen LogP contribution >= 0.6 is 0 Å². The van der Waals surface area contributed by atoms with Crippen molar-refractivity contribution in [2.75, 3.05) is 0 Å². The Bertz CT molecular complexity index is 90.1. The van der Waals surface area contributed by atoms with Gasteiger partial charge in [0.15, 0.2) is 0 Å². The number of fused-ring (bicyclic) bond motifs is 1. The van der Waals surface area contributed by atoms with Crippen molar-refractivity contribution in [3.63, 3.8) is 0 Å². The van der Waals surface area contributed by atoms with E-state index >= 15 is 0 Å². The van der Waals surface area contributed by atoms with Gasteiger partial charge in [-0.2, -0.15) is 0 Å². The fraction of sp³-hybridized carbons (Fsp3) is 1.00. The highest BCUT2D eigenvalue weighted by Gasteiger charge is 2.83. The lowest BCUT2D eigenvalue weighted by atomic mass is 10.4. The number of aliphatic hydroxyl groups is 2. The van der Waals surface area contributed by atoms with Gasteiger partial charge in [0, 0.05) is 12.8 Å². The van der Waals surface area contributed by atoms with Crippen LogP contribution < -0.4 is 0 Å². The second-order valence-corrected chi connectivity index (χ2v) is 2.42. The molecule has 2 nitrogen and oxygen atoms in total. The molecule has 0 spiro atoms. The number of hydrogen-bond acceptors (Lipinski definition) is 2. The molecule has 2 N–H and O–H groups in total. The molecule has 0 aliphatic heterocycles. The van der Waals surface area contributed by atoms with E-state index in [1.54, 1.807) is 0 Å². The van der Waals surface area contributed by atoms with E-state index in [2.05, 4.69) is 0 Å². The maximum atomic E-state index is 8.72. The quantitative estimate of drug-likeness (QED) is 0.407. The highest BCUT2D eigenvalue weighted by atomic mass is 16.4. The molecule has 0 atom stereocenters. The minimum absolute atomic E-state index is 0.590. The Morgan fingerprint density at radius 3 is 1.17 bits per heavy atom. The van der Waals surface area contributed by atoms with Gasteiger partial charge in [0.2, 0.25) is 0 Å². The van der Waals surface area contributed by atoms with Crippen LogP contribution in [0.1, 0.15) is 12.8 Å². The van der Waals surface area contributed by atoms with Crippen LogP contribution in [-0.4, -0.2) is 21.4 Å². The minimum Gasteiger partial charge on any atom is -0.387 e. The zero-order valence-corrected chi connectivity index (χ0v) is 3.31. The first-order chi connectivity index (χ1) is 2.66. The molecule has 2 fully saturated rings. The monoisotopic (exact) mass is 86.0 g/mol. The molecule has 0 unspecified atom stereocenters. The second-order valence-electron chi connectivity index (χ2n) is 2.42. The van der Waals surface area contributed by atoms with Crippen molar-refractivity contribution >= 4 is 0 Å². The molecule has 6 heavy (non-hydrogen) atoms. The summed E-state index contributed by atoms with van der Waals surface area (Å²) in [6.45, 7) is 0. The molecule has 2 saturated carbocycles. The van der Waals surface area contributed by atoms with E-state index in [-0.39, 0.29) is 0 Å². The van der Waals surface area contributed by atoms with Crippen molar-refractivity contribution in [2.45, 2.75) is 24.0 Å². The van der Waals surface area contributed by atoms with Crippen LogP contribution in [0.5, 0.6) is 0 Å². The largest absolute Gasteiger partial charge is 0.387 e. The Labute approximate surface area is 35.4 Å². The first kappa shape index (κ1) is 2.99.